The Labute approximate surface area is 173 Å². The van der Waals surface area contributed by atoms with E-state index in [4.69, 9.17) is 5.11 Å². The van der Waals surface area contributed by atoms with E-state index in [1.165, 1.54) is 64.2 Å². The molecular formula is C24H46O4. The van der Waals surface area contributed by atoms with E-state index >= 15 is 0 Å². The van der Waals surface area contributed by atoms with Crippen LogP contribution in [0.25, 0.3) is 0 Å². The Morgan fingerprint density at radius 1 is 0.571 bits per heavy atom. The molecule has 0 fully saturated rings. The van der Waals surface area contributed by atoms with Gasteiger partial charge < -0.3 is 10.2 Å². The van der Waals surface area contributed by atoms with Crippen LogP contribution in [0, 0.1) is 5.41 Å². The standard InChI is InChI=1S/C24H46O4/c1-3-19-24(20-4-2,23(27)28)21-17-15-13-11-9-7-5-6-8-10-12-14-16-18-22(25)26/h3-21H2,1-2H3,(H,25,26)(H,27,28). The van der Waals surface area contributed by atoms with Crippen molar-refractivity contribution in [1.29, 1.82) is 0 Å². The van der Waals surface area contributed by atoms with Crippen LogP contribution in [-0.4, -0.2) is 22.2 Å². The molecule has 0 rings (SSSR count). The maximum atomic E-state index is 11.8. The van der Waals surface area contributed by atoms with Crippen molar-refractivity contribution in [1.82, 2.24) is 0 Å². The molecular weight excluding hydrogens is 352 g/mol. The van der Waals surface area contributed by atoms with Gasteiger partial charge in [0.15, 0.2) is 0 Å². The molecule has 4 heteroatoms. The van der Waals surface area contributed by atoms with Crippen molar-refractivity contribution in [3.05, 3.63) is 0 Å². The monoisotopic (exact) mass is 398 g/mol. The molecule has 0 aromatic carbocycles. The summed E-state index contributed by atoms with van der Waals surface area (Å²) >= 11 is 0. The average Bonchev–Trinajstić information content (AvgIpc) is 2.64. The minimum atomic E-state index is -0.678. The highest BCUT2D eigenvalue weighted by Gasteiger charge is 2.35. The van der Waals surface area contributed by atoms with Crippen LogP contribution in [0.5, 0.6) is 0 Å². The molecule has 0 spiro atoms. The van der Waals surface area contributed by atoms with Gasteiger partial charge in [-0.05, 0) is 25.7 Å². The Hall–Kier alpha value is -1.06. The summed E-state index contributed by atoms with van der Waals surface area (Å²) in [5.41, 5.74) is -0.475. The van der Waals surface area contributed by atoms with Gasteiger partial charge in [0.1, 0.15) is 0 Å². The molecule has 0 aromatic heterocycles. The molecule has 0 radical (unpaired) electrons. The Bertz CT molecular complexity index is 386. The normalized spacial score (nSPS) is 11.6. The van der Waals surface area contributed by atoms with Crippen LogP contribution in [-0.2, 0) is 9.59 Å². The molecule has 0 aliphatic heterocycles. The van der Waals surface area contributed by atoms with Crippen molar-refractivity contribution < 1.29 is 19.8 Å². The number of hydrogen-bond acceptors (Lipinski definition) is 2. The summed E-state index contributed by atoms with van der Waals surface area (Å²) in [5, 5.41) is 18.3. The van der Waals surface area contributed by atoms with Crippen molar-refractivity contribution in [3.8, 4) is 0 Å². The van der Waals surface area contributed by atoms with Crippen LogP contribution in [0.4, 0.5) is 0 Å². The van der Waals surface area contributed by atoms with Crippen molar-refractivity contribution in [3.63, 3.8) is 0 Å². The second-order valence-corrected chi connectivity index (χ2v) is 8.58. The largest absolute Gasteiger partial charge is 0.481 e. The predicted octanol–water partition coefficient (Wildman–Crippen LogP) is 7.59. The Morgan fingerprint density at radius 2 is 0.929 bits per heavy atom. The first-order valence-corrected chi connectivity index (χ1v) is 11.9. The lowest BCUT2D eigenvalue weighted by atomic mass is 9.75. The number of unbranched alkanes of at least 4 members (excludes halogenated alkanes) is 12. The van der Waals surface area contributed by atoms with Gasteiger partial charge in [0.25, 0.3) is 0 Å². The lowest BCUT2D eigenvalue weighted by molar-refractivity contribution is -0.150. The molecule has 0 saturated carbocycles. The first kappa shape index (κ1) is 26.9. The van der Waals surface area contributed by atoms with Gasteiger partial charge >= 0.3 is 11.9 Å². The van der Waals surface area contributed by atoms with E-state index in [2.05, 4.69) is 13.8 Å². The van der Waals surface area contributed by atoms with E-state index in [1.54, 1.807) is 0 Å². The second kappa shape index (κ2) is 18.0. The molecule has 2 N–H and O–H groups in total. The van der Waals surface area contributed by atoms with Gasteiger partial charge in [0, 0.05) is 6.42 Å². The second-order valence-electron chi connectivity index (χ2n) is 8.58. The third-order valence-corrected chi connectivity index (χ3v) is 5.96. The molecule has 0 saturated heterocycles. The summed E-state index contributed by atoms with van der Waals surface area (Å²) < 4.78 is 0. The molecule has 0 heterocycles. The van der Waals surface area contributed by atoms with Crippen LogP contribution < -0.4 is 0 Å². The van der Waals surface area contributed by atoms with Gasteiger partial charge in [0.05, 0.1) is 5.41 Å². The molecule has 28 heavy (non-hydrogen) atoms. The van der Waals surface area contributed by atoms with E-state index < -0.39 is 17.4 Å². The molecule has 0 unspecified atom stereocenters. The van der Waals surface area contributed by atoms with E-state index in [-0.39, 0.29) is 0 Å². The Kier molecular flexibility index (Phi) is 17.3. The first-order chi connectivity index (χ1) is 13.5. The zero-order valence-corrected chi connectivity index (χ0v) is 18.6. The number of hydrogen-bond donors (Lipinski definition) is 2. The minimum Gasteiger partial charge on any atom is -0.481 e. The summed E-state index contributed by atoms with van der Waals surface area (Å²) in [5.74, 6) is -1.26. The SMILES string of the molecule is CCCC(CCC)(CCCCCCCCCCCCCCCC(=O)O)C(=O)O. The van der Waals surface area contributed by atoms with E-state index in [9.17, 15) is 14.7 Å². The van der Waals surface area contributed by atoms with Gasteiger partial charge in [-0.15, -0.1) is 0 Å². The molecule has 0 aliphatic carbocycles. The quantitative estimate of drug-likeness (QED) is 0.195. The fraction of sp³-hybridized carbons (Fsp3) is 0.917. The number of carboxylic acids is 2. The van der Waals surface area contributed by atoms with Gasteiger partial charge in [-0.1, -0.05) is 104 Å². The minimum absolute atomic E-state index is 0.314. The van der Waals surface area contributed by atoms with Crippen LogP contribution in [0.2, 0.25) is 0 Å². The highest BCUT2D eigenvalue weighted by Crippen LogP contribution is 2.36. The predicted molar refractivity (Wildman–Crippen MR) is 117 cm³/mol. The first-order valence-electron chi connectivity index (χ1n) is 11.9. The Morgan fingerprint density at radius 3 is 1.25 bits per heavy atom. The zero-order valence-electron chi connectivity index (χ0n) is 18.6. The van der Waals surface area contributed by atoms with E-state index in [0.717, 1.165) is 51.4 Å². The van der Waals surface area contributed by atoms with Crippen molar-refractivity contribution in [2.24, 2.45) is 5.41 Å². The third-order valence-electron chi connectivity index (χ3n) is 5.96. The number of carbonyl (C=O) groups is 2. The fourth-order valence-corrected chi connectivity index (χ4v) is 4.34. The summed E-state index contributed by atoms with van der Waals surface area (Å²) in [7, 11) is 0. The van der Waals surface area contributed by atoms with Crippen molar-refractivity contribution in [2.45, 2.75) is 136 Å². The van der Waals surface area contributed by atoms with Gasteiger partial charge in [-0.3, -0.25) is 9.59 Å². The summed E-state index contributed by atoms with van der Waals surface area (Å²) in [6.07, 6.45) is 20.2. The summed E-state index contributed by atoms with van der Waals surface area (Å²) in [6.45, 7) is 4.18. The molecule has 4 nitrogen and oxygen atoms in total. The smallest absolute Gasteiger partial charge is 0.309 e. The third kappa shape index (κ3) is 14.0. The van der Waals surface area contributed by atoms with Gasteiger partial charge in [-0.25, -0.2) is 0 Å². The van der Waals surface area contributed by atoms with Crippen molar-refractivity contribution >= 4 is 11.9 Å². The molecule has 0 amide bonds. The summed E-state index contributed by atoms with van der Waals surface area (Å²) in [6, 6.07) is 0. The maximum Gasteiger partial charge on any atom is 0.309 e. The zero-order chi connectivity index (χ0) is 21.1. The lowest BCUT2D eigenvalue weighted by Crippen LogP contribution is -2.31. The number of rotatable bonds is 21. The molecule has 0 aliphatic rings. The maximum absolute atomic E-state index is 11.8. The van der Waals surface area contributed by atoms with E-state index in [1.807, 2.05) is 0 Å². The molecule has 0 atom stereocenters. The van der Waals surface area contributed by atoms with Crippen LogP contribution in [0.1, 0.15) is 136 Å². The number of carboxylic acid groups (broad SMARTS) is 2. The molecule has 0 bridgehead atoms. The molecule has 166 valence electrons. The Balaban J connectivity index is 3.53. The van der Waals surface area contributed by atoms with E-state index in [0.29, 0.717) is 6.42 Å². The number of aliphatic carboxylic acids is 2. The van der Waals surface area contributed by atoms with Crippen LogP contribution >= 0.6 is 0 Å². The average molecular weight is 399 g/mol. The van der Waals surface area contributed by atoms with Crippen molar-refractivity contribution in [2.75, 3.05) is 0 Å². The lowest BCUT2D eigenvalue weighted by Gasteiger charge is -2.29. The van der Waals surface area contributed by atoms with Gasteiger partial charge in [0.2, 0.25) is 0 Å². The fourth-order valence-electron chi connectivity index (χ4n) is 4.34. The summed E-state index contributed by atoms with van der Waals surface area (Å²) in [4.78, 5) is 22.2. The van der Waals surface area contributed by atoms with Gasteiger partial charge in [-0.2, -0.15) is 0 Å². The van der Waals surface area contributed by atoms with Crippen LogP contribution in [0.3, 0.4) is 0 Å². The molecule has 0 aromatic rings. The highest BCUT2D eigenvalue weighted by molar-refractivity contribution is 5.74. The topological polar surface area (TPSA) is 74.6 Å². The van der Waals surface area contributed by atoms with Crippen LogP contribution in [0.15, 0.2) is 0 Å². The highest BCUT2D eigenvalue weighted by atomic mass is 16.4.